The number of ether oxygens (including phenoxy) is 1. The second-order valence-corrected chi connectivity index (χ2v) is 4.19. The fraction of sp³-hybridized carbons (Fsp3) is 0.818. The Labute approximate surface area is 96.6 Å². The van der Waals surface area contributed by atoms with E-state index in [4.69, 9.17) is 9.15 Å². The van der Waals surface area contributed by atoms with Crippen LogP contribution in [0.1, 0.15) is 32.0 Å². The minimum Gasteiger partial charge on any atom is -0.424 e. The van der Waals surface area contributed by atoms with Crippen molar-refractivity contribution in [3.8, 4) is 0 Å². The smallest absolute Gasteiger partial charge is 0.230 e. The van der Waals surface area contributed by atoms with Crippen LogP contribution in [-0.2, 0) is 11.3 Å². The molecule has 1 N–H and O–H groups in total. The van der Waals surface area contributed by atoms with Crippen molar-refractivity contribution in [2.75, 3.05) is 19.8 Å². The standard InChI is InChI=1S/C11H21N3O2/c1-9(2)4-6-15-7-5-12-8-11-14-13-10(3)16-11/h9,12H,4-8H2,1-3H3. The molecule has 0 spiro atoms. The van der Waals surface area contributed by atoms with Gasteiger partial charge in [0.05, 0.1) is 13.2 Å². The Morgan fingerprint density at radius 3 is 2.75 bits per heavy atom. The molecule has 1 aromatic heterocycles. The number of hydrogen-bond donors (Lipinski definition) is 1. The van der Waals surface area contributed by atoms with Gasteiger partial charge in [0.1, 0.15) is 0 Å². The van der Waals surface area contributed by atoms with E-state index in [2.05, 4.69) is 29.4 Å². The van der Waals surface area contributed by atoms with Gasteiger partial charge in [0.25, 0.3) is 0 Å². The van der Waals surface area contributed by atoms with Crippen molar-refractivity contribution < 1.29 is 9.15 Å². The topological polar surface area (TPSA) is 60.2 Å². The minimum absolute atomic E-state index is 0.602. The van der Waals surface area contributed by atoms with Crippen LogP contribution in [0.2, 0.25) is 0 Å². The van der Waals surface area contributed by atoms with Crippen molar-refractivity contribution >= 4 is 0 Å². The summed E-state index contributed by atoms with van der Waals surface area (Å²) in [6.45, 7) is 9.14. The van der Waals surface area contributed by atoms with E-state index >= 15 is 0 Å². The molecule has 0 atom stereocenters. The van der Waals surface area contributed by atoms with Gasteiger partial charge in [-0.05, 0) is 12.3 Å². The molecule has 1 heterocycles. The van der Waals surface area contributed by atoms with Gasteiger partial charge in [-0.25, -0.2) is 0 Å². The third-order valence-corrected chi connectivity index (χ3v) is 2.11. The Morgan fingerprint density at radius 2 is 2.12 bits per heavy atom. The third kappa shape index (κ3) is 5.82. The zero-order valence-corrected chi connectivity index (χ0v) is 10.3. The summed E-state index contributed by atoms with van der Waals surface area (Å²) in [7, 11) is 0. The fourth-order valence-corrected chi connectivity index (χ4v) is 1.17. The van der Waals surface area contributed by atoms with Gasteiger partial charge in [-0.15, -0.1) is 10.2 Å². The van der Waals surface area contributed by atoms with Gasteiger partial charge in [-0.2, -0.15) is 0 Å². The molecule has 0 fully saturated rings. The molecule has 0 unspecified atom stereocenters. The Kier molecular flexibility index (Phi) is 6.03. The van der Waals surface area contributed by atoms with E-state index < -0.39 is 0 Å². The molecule has 0 saturated carbocycles. The molecule has 5 heteroatoms. The van der Waals surface area contributed by atoms with E-state index in [1.165, 1.54) is 0 Å². The second kappa shape index (κ2) is 7.35. The molecule has 0 amide bonds. The molecule has 0 aliphatic rings. The van der Waals surface area contributed by atoms with E-state index in [-0.39, 0.29) is 0 Å². The Hall–Kier alpha value is -0.940. The maximum atomic E-state index is 5.46. The number of rotatable bonds is 8. The van der Waals surface area contributed by atoms with Crippen molar-refractivity contribution in [1.82, 2.24) is 15.5 Å². The van der Waals surface area contributed by atoms with E-state index in [0.717, 1.165) is 26.2 Å². The lowest BCUT2D eigenvalue weighted by Gasteiger charge is -2.06. The summed E-state index contributed by atoms with van der Waals surface area (Å²) >= 11 is 0. The second-order valence-electron chi connectivity index (χ2n) is 4.19. The first-order valence-corrected chi connectivity index (χ1v) is 5.76. The monoisotopic (exact) mass is 227 g/mol. The van der Waals surface area contributed by atoms with Crippen LogP contribution in [0.3, 0.4) is 0 Å². The van der Waals surface area contributed by atoms with Gasteiger partial charge in [0.15, 0.2) is 0 Å². The fourth-order valence-electron chi connectivity index (χ4n) is 1.17. The summed E-state index contributed by atoms with van der Waals surface area (Å²) in [5, 5.41) is 10.8. The van der Waals surface area contributed by atoms with Crippen molar-refractivity contribution in [2.24, 2.45) is 5.92 Å². The van der Waals surface area contributed by atoms with Crippen LogP contribution in [0.4, 0.5) is 0 Å². The summed E-state index contributed by atoms with van der Waals surface area (Å²) in [5.41, 5.74) is 0. The molecule has 0 aliphatic carbocycles. The molecule has 5 nitrogen and oxygen atoms in total. The first-order chi connectivity index (χ1) is 7.68. The lowest BCUT2D eigenvalue weighted by molar-refractivity contribution is 0.124. The largest absolute Gasteiger partial charge is 0.424 e. The van der Waals surface area contributed by atoms with Crippen LogP contribution >= 0.6 is 0 Å². The Morgan fingerprint density at radius 1 is 1.31 bits per heavy atom. The normalized spacial score (nSPS) is 11.2. The van der Waals surface area contributed by atoms with Crippen molar-refractivity contribution in [1.29, 1.82) is 0 Å². The summed E-state index contributed by atoms with van der Waals surface area (Å²) in [6.07, 6.45) is 1.11. The van der Waals surface area contributed by atoms with Gasteiger partial charge >= 0.3 is 0 Å². The Bertz CT molecular complexity index is 287. The number of aromatic nitrogens is 2. The predicted octanol–water partition coefficient (Wildman–Crippen LogP) is 1.53. The van der Waals surface area contributed by atoms with Crippen molar-refractivity contribution in [3.05, 3.63) is 11.8 Å². The highest BCUT2D eigenvalue weighted by atomic mass is 16.5. The average Bonchev–Trinajstić information content (AvgIpc) is 2.62. The van der Waals surface area contributed by atoms with Gasteiger partial charge < -0.3 is 14.5 Å². The molecular formula is C11H21N3O2. The zero-order valence-electron chi connectivity index (χ0n) is 10.3. The van der Waals surface area contributed by atoms with Gasteiger partial charge in [-0.3, -0.25) is 0 Å². The lowest BCUT2D eigenvalue weighted by Crippen LogP contribution is -2.19. The highest BCUT2D eigenvalue weighted by molar-refractivity contribution is 4.77. The first-order valence-electron chi connectivity index (χ1n) is 5.76. The molecule has 1 aromatic rings. The number of aryl methyl sites for hydroxylation is 1. The highest BCUT2D eigenvalue weighted by Gasteiger charge is 2.00. The van der Waals surface area contributed by atoms with E-state index in [1.807, 2.05) is 0 Å². The molecule has 16 heavy (non-hydrogen) atoms. The van der Waals surface area contributed by atoms with Crippen LogP contribution in [0, 0.1) is 12.8 Å². The molecule has 0 aromatic carbocycles. The molecule has 0 saturated heterocycles. The SMILES string of the molecule is Cc1nnc(CNCCOCCC(C)C)o1. The maximum absolute atomic E-state index is 5.46. The molecular weight excluding hydrogens is 206 g/mol. The van der Waals surface area contributed by atoms with Crippen LogP contribution < -0.4 is 5.32 Å². The minimum atomic E-state index is 0.602. The summed E-state index contributed by atoms with van der Waals surface area (Å²) in [6, 6.07) is 0. The molecule has 0 radical (unpaired) electrons. The quantitative estimate of drug-likeness (QED) is 0.682. The van der Waals surface area contributed by atoms with E-state index in [9.17, 15) is 0 Å². The van der Waals surface area contributed by atoms with Gasteiger partial charge in [-0.1, -0.05) is 13.8 Å². The molecule has 0 bridgehead atoms. The third-order valence-electron chi connectivity index (χ3n) is 2.11. The maximum Gasteiger partial charge on any atom is 0.230 e. The van der Waals surface area contributed by atoms with Crippen molar-refractivity contribution in [3.63, 3.8) is 0 Å². The molecule has 92 valence electrons. The molecule has 0 aliphatic heterocycles. The zero-order chi connectivity index (χ0) is 11.8. The number of nitrogens with zero attached hydrogens (tertiary/aromatic N) is 2. The lowest BCUT2D eigenvalue weighted by atomic mass is 10.1. The summed E-state index contributed by atoms with van der Waals surface area (Å²) in [5.74, 6) is 1.93. The average molecular weight is 227 g/mol. The van der Waals surface area contributed by atoms with E-state index in [0.29, 0.717) is 24.2 Å². The van der Waals surface area contributed by atoms with Crippen LogP contribution in [0.15, 0.2) is 4.42 Å². The van der Waals surface area contributed by atoms with E-state index in [1.54, 1.807) is 6.92 Å². The van der Waals surface area contributed by atoms with Crippen molar-refractivity contribution in [2.45, 2.75) is 33.7 Å². The number of nitrogens with one attached hydrogen (secondary N) is 1. The number of hydrogen-bond acceptors (Lipinski definition) is 5. The van der Waals surface area contributed by atoms with Crippen LogP contribution in [0.5, 0.6) is 0 Å². The van der Waals surface area contributed by atoms with Crippen LogP contribution in [0.25, 0.3) is 0 Å². The molecule has 1 rings (SSSR count). The van der Waals surface area contributed by atoms with Gasteiger partial charge in [0, 0.05) is 20.1 Å². The first kappa shape index (κ1) is 13.1. The van der Waals surface area contributed by atoms with Crippen LogP contribution in [-0.4, -0.2) is 30.0 Å². The predicted molar refractivity (Wildman–Crippen MR) is 61.0 cm³/mol. The highest BCUT2D eigenvalue weighted by Crippen LogP contribution is 1.98. The Balaban J connectivity index is 1.92. The van der Waals surface area contributed by atoms with Gasteiger partial charge in [0.2, 0.25) is 11.8 Å². The summed E-state index contributed by atoms with van der Waals surface area (Å²) < 4.78 is 10.7. The summed E-state index contributed by atoms with van der Waals surface area (Å²) in [4.78, 5) is 0.